The molecule has 1 fully saturated rings. The Kier molecular flexibility index (Phi) is 7.46. The van der Waals surface area contributed by atoms with E-state index in [4.69, 9.17) is 14.2 Å². The van der Waals surface area contributed by atoms with Crippen molar-refractivity contribution >= 4 is 21.7 Å². The maximum atomic E-state index is 12.0. The van der Waals surface area contributed by atoms with Crippen molar-refractivity contribution in [1.82, 2.24) is 5.32 Å². The second kappa shape index (κ2) is 9.59. The van der Waals surface area contributed by atoms with Crippen molar-refractivity contribution in [2.75, 3.05) is 25.2 Å². The van der Waals surface area contributed by atoms with Crippen LogP contribution >= 0.6 is 0 Å². The quantitative estimate of drug-likeness (QED) is 0.489. The molecule has 8 nitrogen and oxygen atoms in total. The Morgan fingerprint density at radius 3 is 2.48 bits per heavy atom. The number of sulfone groups is 1. The fourth-order valence-corrected chi connectivity index (χ4v) is 4.29. The van der Waals surface area contributed by atoms with E-state index in [0.717, 1.165) is 5.75 Å². The lowest BCUT2D eigenvalue weighted by atomic mass is 10.2. The largest absolute Gasteiger partial charge is 0.497 e. The number of methoxy groups -OCH3 is 1. The van der Waals surface area contributed by atoms with Gasteiger partial charge in [-0.05, 0) is 44.0 Å². The molecule has 0 bridgehead atoms. The highest BCUT2D eigenvalue weighted by Gasteiger charge is 2.30. The fourth-order valence-electron chi connectivity index (χ4n) is 2.62. The minimum absolute atomic E-state index is 0.0674. The third-order valence-corrected chi connectivity index (χ3v) is 5.88. The van der Waals surface area contributed by atoms with Crippen LogP contribution < -0.4 is 14.8 Å². The first kappa shape index (κ1) is 21.0. The molecule has 0 saturated carbocycles. The summed E-state index contributed by atoms with van der Waals surface area (Å²) in [5, 5.41) is 2.61. The predicted octanol–water partition coefficient (Wildman–Crippen LogP) is 1.09. The van der Waals surface area contributed by atoms with Crippen molar-refractivity contribution in [3.63, 3.8) is 0 Å². The van der Waals surface area contributed by atoms with E-state index in [9.17, 15) is 18.0 Å². The van der Waals surface area contributed by atoms with Crippen molar-refractivity contribution in [2.24, 2.45) is 0 Å². The van der Waals surface area contributed by atoms with Crippen LogP contribution in [0, 0.1) is 0 Å². The van der Waals surface area contributed by atoms with Gasteiger partial charge in [-0.2, -0.15) is 0 Å². The summed E-state index contributed by atoms with van der Waals surface area (Å²) in [5.41, 5.74) is 0. The fraction of sp³-hybridized carbons (Fsp3) is 0.556. The molecule has 9 heteroatoms. The summed E-state index contributed by atoms with van der Waals surface area (Å²) in [4.78, 5) is 23.8. The summed E-state index contributed by atoms with van der Waals surface area (Å²) in [6.45, 7) is 1.80. The van der Waals surface area contributed by atoms with Crippen LogP contribution in [0.4, 0.5) is 0 Å². The van der Waals surface area contributed by atoms with Crippen molar-refractivity contribution < 1.29 is 32.2 Å². The van der Waals surface area contributed by atoms with Gasteiger partial charge in [0.1, 0.15) is 11.5 Å². The number of esters is 1. The van der Waals surface area contributed by atoms with Gasteiger partial charge in [-0.25, -0.2) is 8.42 Å². The molecule has 2 rings (SSSR count). The Bertz CT molecular complexity index is 745. The van der Waals surface area contributed by atoms with E-state index in [1.165, 1.54) is 6.92 Å². The van der Waals surface area contributed by atoms with Gasteiger partial charge in [0, 0.05) is 12.5 Å². The van der Waals surface area contributed by atoms with Gasteiger partial charge in [0.15, 0.2) is 15.9 Å². The number of benzene rings is 1. The first-order valence-electron chi connectivity index (χ1n) is 8.76. The number of rotatable bonds is 9. The summed E-state index contributed by atoms with van der Waals surface area (Å²) in [6.07, 6.45) is -0.0216. The summed E-state index contributed by atoms with van der Waals surface area (Å²) in [5.74, 6) is 0.411. The van der Waals surface area contributed by atoms with E-state index in [1.807, 2.05) is 0 Å². The van der Waals surface area contributed by atoms with E-state index in [2.05, 4.69) is 5.32 Å². The molecule has 1 heterocycles. The van der Waals surface area contributed by atoms with Crippen molar-refractivity contribution in [2.45, 2.75) is 38.3 Å². The van der Waals surface area contributed by atoms with Gasteiger partial charge in [-0.1, -0.05) is 0 Å². The van der Waals surface area contributed by atoms with Crippen LogP contribution in [0.5, 0.6) is 11.5 Å². The lowest BCUT2D eigenvalue weighted by Crippen LogP contribution is -2.42. The minimum Gasteiger partial charge on any atom is -0.497 e. The van der Waals surface area contributed by atoms with E-state index in [-0.39, 0.29) is 17.9 Å². The molecule has 0 aromatic heterocycles. The Morgan fingerprint density at radius 2 is 1.89 bits per heavy atom. The summed E-state index contributed by atoms with van der Waals surface area (Å²) >= 11 is 0. The molecule has 1 N–H and O–H groups in total. The molecule has 0 radical (unpaired) electrons. The molecular formula is C18H25NO7S. The molecule has 0 spiro atoms. The zero-order chi connectivity index (χ0) is 19.9. The van der Waals surface area contributed by atoms with Gasteiger partial charge >= 0.3 is 5.97 Å². The Balaban J connectivity index is 1.63. The standard InChI is InChI=1S/C18H25NO7S/c1-13(18(21)19-14-9-11-27(22,23)12-14)26-17(20)4-3-10-25-16-7-5-15(24-2)6-8-16/h5-8,13-14H,3-4,9-12H2,1-2H3,(H,19,21)/t13-,14-/m1/s1. The highest BCUT2D eigenvalue weighted by Crippen LogP contribution is 2.17. The van der Waals surface area contributed by atoms with Crippen LogP contribution in [-0.4, -0.2) is 57.7 Å². The lowest BCUT2D eigenvalue weighted by Gasteiger charge is -2.16. The molecule has 1 aromatic rings. The van der Waals surface area contributed by atoms with E-state index in [0.29, 0.717) is 25.2 Å². The Hall–Kier alpha value is -2.29. The SMILES string of the molecule is COc1ccc(OCCCC(=O)O[C@H](C)C(=O)N[C@@H]2CCS(=O)(=O)C2)cc1. The molecule has 2 atom stereocenters. The first-order chi connectivity index (χ1) is 12.8. The van der Waals surface area contributed by atoms with Crippen LogP contribution in [0.15, 0.2) is 24.3 Å². The van der Waals surface area contributed by atoms with Crippen LogP contribution in [0.25, 0.3) is 0 Å². The Labute approximate surface area is 159 Å². The smallest absolute Gasteiger partial charge is 0.306 e. The number of hydrogen-bond acceptors (Lipinski definition) is 7. The molecule has 1 aliphatic rings. The number of hydrogen-bond donors (Lipinski definition) is 1. The maximum Gasteiger partial charge on any atom is 0.306 e. The zero-order valence-electron chi connectivity index (χ0n) is 15.5. The monoisotopic (exact) mass is 399 g/mol. The average Bonchev–Trinajstić information content (AvgIpc) is 2.97. The first-order valence-corrected chi connectivity index (χ1v) is 10.6. The number of amides is 1. The van der Waals surface area contributed by atoms with Crippen molar-refractivity contribution in [3.8, 4) is 11.5 Å². The van der Waals surface area contributed by atoms with Gasteiger partial charge in [-0.15, -0.1) is 0 Å². The van der Waals surface area contributed by atoms with Gasteiger partial charge in [0.05, 0.1) is 25.2 Å². The maximum absolute atomic E-state index is 12.0. The molecule has 1 aromatic carbocycles. The topological polar surface area (TPSA) is 108 Å². The molecular weight excluding hydrogens is 374 g/mol. The van der Waals surface area contributed by atoms with Gasteiger partial charge in [0.25, 0.3) is 5.91 Å². The number of carbonyl (C=O) groups is 2. The van der Waals surface area contributed by atoms with Crippen LogP contribution in [-0.2, 0) is 24.2 Å². The van der Waals surface area contributed by atoms with Gasteiger partial charge in [-0.3, -0.25) is 9.59 Å². The van der Waals surface area contributed by atoms with E-state index in [1.54, 1.807) is 31.4 Å². The lowest BCUT2D eigenvalue weighted by molar-refractivity contribution is -0.155. The second-order valence-corrected chi connectivity index (χ2v) is 8.60. The molecule has 0 unspecified atom stereocenters. The highest BCUT2D eigenvalue weighted by atomic mass is 32.2. The molecule has 150 valence electrons. The van der Waals surface area contributed by atoms with Crippen LogP contribution in [0.2, 0.25) is 0 Å². The van der Waals surface area contributed by atoms with Gasteiger partial charge in [0.2, 0.25) is 0 Å². The summed E-state index contributed by atoms with van der Waals surface area (Å²) in [7, 11) is -1.49. The number of nitrogens with one attached hydrogen (secondary N) is 1. The van der Waals surface area contributed by atoms with Crippen molar-refractivity contribution in [3.05, 3.63) is 24.3 Å². The third kappa shape index (κ3) is 7.09. The molecule has 0 aliphatic carbocycles. The van der Waals surface area contributed by atoms with Crippen molar-refractivity contribution in [1.29, 1.82) is 0 Å². The summed E-state index contributed by atoms with van der Waals surface area (Å²) in [6, 6.07) is 6.68. The number of carbonyl (C=O) groups excluding carboxylic acids is 2. The average molecular weight is 399 g/mol. The highest BCUT2D eigenvalue weighted by molar-refractivity contribution is 7.91. The van der Waals surface area contributed by atoms with E-state index < -0.39 is 33.9 Å². The summed E-state index contributed by atoms with van der Waals surface area (Å²) < 4.78 is 38.4. The predicted molar refractivity (Wildman–Crippen MR) is 98.5 cm³/mol. The Morgan fingerprint density at radius 1 is 1.22 bits per heavy atom. The number of ether oxygens (including phenoxy) is 3. The third-order valence-electron chi connectivity index (χ3n) is 4.11. The molecule has 1 saturated heterocycles. The van der Waals surface area contributed by atoms with Crippen LogP contribution in [0.3, 0.4) is 0 Å². The molecule has 1 amide bonds. The van der Waals surface area contributed by atoms with E-state index >= 15 is 0 Å². The van der Waals surface area contributed by atoms with Gasteiger partial charge < -0.3 is 19.5 Å². The normalized spacial score (nSPS) is 19.1. The van der Waals surface area contributed by atoms with Crippen LogP contribution in [0.1, 0.15) is 26.2 Å². The second-order valence-electron chi connectivity index (χ2n) is 6.37. The zero-order valence-corrected chi connectivity index (χ0v) is 16.3. The molecule has 1 aliphatic heterocycles. The minimum atomic E-state index is -3.08. The molecule has 27 heavy (non-hydrogen) atoms.